The number of amides is 2. The minimum atomic E-state index is -1.01. The van der Waals surface area contributed by atoms with Crippen molar-refractivity contribution in [3.05, 3.63) is 30.0 Å². The van der Waals surface area contributed by atoms with E-state index in [-0.39, 0.29) is 11.7 Å². The average molecular weight is 389 g/mol. The summed E-state index contributed by atoms with van der Waals surface area (Å²) < 4.78 is 26.8. The Balaban J connectivity index is 1.40. The topological polar surface area (TPSA) is 74.0 Å². The zero-order valence-electron chi connectivity index (χ0n) is 15.7. The number of anilines is 1. The molecule has 150 valence electrons. The van der Waals surface area contributed by atoms with Crippen molar-refractivity contribution < 1.29 is 18.4 Å². The van der Waals surface area contributed by atoms with Crippen molar-refractivity contribution in [2.75, 3.05) is 5.32 Å². The van der Waals surface area contributed by atoms with E-state index >= 15 is 0 Å². The summed E-state index contributed by atoms with van der Waals surface area (Å²) >= 11 is 0. The highest BCUT2D eigenvalue weighted by molar-refractivity contribution is 6.40. The minimum absolute atomic E-state index is 0.0135. The normalized spacial score (nSPS) is 21.6. The number of benzene rings is 1. The van der Waals surface area contributed by atoms with Crippen LogP contribution in [0.3, 0.4) is 0 Å². The first-order chi connectivity index (χ1) is 13.5. The lowest BCUT2D eigenvalue weighted by atomic mass is 9.64. The molecule has 7 heteroatoms. The fourth-order valence-electron chi connectivity index (χ4n) is 4.98. The molecule has 1 aromatic carbocycles. The van der Waals surface area contributed by atoms with E-state index in [0.29, 0.717) is 16.3 Å². The SMILES string of the molecule is O=C(Nc1c[nH]c2cc(F)c(F)cc12)C(=O)N[C@@H]1CCCC2(CCCCC2)C1. The Labute approximate surface area is 162 Å². The van der Waals surface area contributed by atoms with Crippen LogP contribution in [0.25, 0.3) is 10.9 Å². The lowest BCUT2D eigenvalue weighted by Gasteiger charge is -2.43. The summed E-state index contributed by atoms with van der Waals surface area (Å²) in [6.45, 7) is 0. The Morgan fingerprint density at radius 3 is 2.50 bits per heavy atom. The molecule has 2 amide bonds. The molecule has 0 unspecified atom stereocenters. The third kappa shape index (κ3) is 3.75. The highest BCUT2D eigenvalue weighted by Crippen LogP contribution is 2.47. The maximum atomic E-state index is 13.5. The van der Waals surface area contributed by atoms with Crippen LogP contribution in [0.1, 0.15) is 57.8 Å². The zero-order chi connectivity index (χ0) is 19.7. The van der Waals surface area contributed by atoms with Gasteiger partial charge in [0.1, 0.15) is 0 Å². The van der Waals surface area contributed by atoms with E-state index in [1.807, 2.05) is 0 Å². The van der Waals surface area contributed by atoms with Crippen LogP contribution in [-0.4, -0.2) is 22.8 Å². The number of aromatic amines is 1. The largest absolute Gasteiger partial charge is 0.359 e. The first-order valence-corrected chi connectivity index (χ1v) is 10.0. The lowest BCUT2D eigenvalue weighted by molar-refractivity contribution is -0.137. The number of carbonyl (C=O) groups excluding carboxylic acids is 2. The Morgan fingerprint density at radius 1 is 1.00 bits per heavy atom. The van der Waals surface area contributed by atoms with Gasteiger partial charge in [0.15, 0.2) is 11.6 Å². The van der Waals surface area contributed by atoms with Crippen LogP contribution in [-0.2, 0) is 9.59 Å². The van der Waals surface area contributed by atoms with E-state index in [1.54, 1.807) is 0 Å². The zero-order valence-corrected chi connectivity index (χ0v) is 15.7. The van der Waals surface area contributed by atoms with Gasteiger partial charge in [-0.1, -0.05) is 25.7 Å². The smallest absolute Gasteiger partial charge is 0.313 e. The lowest BCUT2D eigenvalue weighted by Crippen LogP contribution is -2.46. The van der Waals surface area contributed by atoms with Gasteiger partial charge < -0.3 is 15.6 Å². The molecule has 1 atom stereocenters. The summed E-state index contributed by atoms with van der Waals surface area (Å²) in [5.41, 5.74) is 0.922. The number of aromatic nitrogens is 1. The van der Waals surface area contributed by atoms with Crippen LogP contribution >= 0.6 is 0 Å². The first kappa shape index (κ1) is 18.9. The Morgan fingerprint density at radius 2 is 1.71 bits per heavy atom. The van der Waals surface area contributed by atoms with Gasteiger partial charge >= 0.3 is 11.8 Å². The molecule has 0 saturated heterocycles. The molecule has 0 bridgehead atoms. The van der Waals surface area contributed by atoms with Crippen LogP contribution in [0.5, 0.6) is 0 Å². The van der Waals surface area contributed by atoms with Gasteiger partial charge in [0.05, 0.1) is 11.2 Å². The molecule has 28 heavy (non-hydrogen) atoms. The fraction of sp³-hybridized carbons (Fsp3) is 0.524. The van der Waals surface area contributed by atoms with Crippen molar-refractivity contribution in [1.29, 1.82) is 0 Å². The molecule has 2 aromatic rings. The second-order valence-electron chi connectivity index (χ2n) is 8.30. The van der Waals surface area contributed by atoms with Crippen LogP contribution in [0.4, 0.5) is 14.5 Å². The van der Waals surface area contributed by atoms with Gasteiger partial charge in [-0.2, -0.15) is 0 Å². The first-order valence-electron chi connectivity index (χ1n) is 10.0. The Bertz CT molecular complexity index is 897. The Hall–Kier alpha value is -2.44. The molecule has 0 aliphatic heterocycles. The van der Waals surface area contributed by atoms with Gasteiger partial charge in [0, 0.05) is 23.7 Å². The van der Waals surface area contributed by atoms with E-state index in [4.69, 9.17) is 0 Å². The van der Waals surface area contributed by atoms with Crippen LogP contribution in [0, 0.1) is 17.0 Å². The second-order valence-corrected chi connectivity index (χ2v) is 8.30. The molecule has 2 aliphatic rings. The molecule has 2 fully saturated rings. The molecule has 1 aromatic heterocycles. The van der Waals surface area contributed by atoms with Crippen molar-refractivity contribution in [2.24, 2.45) is 5.41 Å². The van der Waals surface area contributed by atoms with Gasteiger partial charge in [-0.3, -0.25) is 9.59 Å². The van der Waals surface area contributed by atoms with Crippen LogP contribution < -0.4 is 10.6 Å². The number of halogens is 2. The third-order valence-corrected chi connectivity index (χ3v) is 6.37. The minimum Gasteiger partial charge on any atom is -0.359 e. The summed E-state index contributed by atoms with van der Waals surface area (Å²) in [5.74, 6) is -3.46. The Kier molecular flexibility index (Phi) is 5.08. The number of hydrogen-bond acceptors (Lipinski definition) is 2. The highest BCUT2D eigenvalue weighted by atomic mass is 19.2. The number of hydrogen-bond donors (Lipinski definition) is 3. The molecule has 2 aliphatic carbocycles. The van der Waals surface area contributed by atoms with E-state index in [2.05, 4.69) is 15.6 Å². The summed E-state index contributed by atoms with van der Waals surface area (Å²) in [6.07, 6.45) is 11.7. The van der Waals surface area contributed by atoms with E-state index in [0.717, 1.165) is 31.4 Å². The summed E-state index contributed by atoms with van der Waals surface area (Å²) in [7, 11) is 0. The van der Waals surface area contributed by atoms with Gasteiger partial charge in [0.2, 0.25) is 0 Å². The summed E-state index contributed by atoms with van der Waals surface area (Å²) in [6, 6.07) is 2.04. The number of carbonyl (C=O) groups is 2. The molecule has 1 spiro atoms. The summed E-state index contributed by atoms with van der Waals surface area (Å²) in [4.78, 5) is 27.5. The molecule has 0 radical (unpaired) electrons. The summed E-state index contributed by atoms with van der Waals surface area (Å²) in [5, 5.41) is 5.70. The standard InChI is InChI=1S/C21H25F2N3O2/c22-15-9-14-17(10-16(15)23)24-12-18(14)26-20(28)19(27)25-13-5-4-8-21(11-13)6-2-1-3-7-21/h9-10,12-13,24H,1-8,11H2,(H,25,27)(H,26,28)/t13-/m1/s1. The predicted molar refractivity (Wildman–Crippen MR) is 103 cm³/mol. The molecule has 3 N–H and O–H groups in total. The quantitative estimate of drug-likeness (QED) is 0.666. The van der Waals surface area contributed by atoms with Gasteiger partial charge in [-0.05, 0) is 43.6 Å². The predicted octanol–water partition coefficient (Wildman–Crippen LogP) is 4.39. The van der Waals surface area contributed by atoms with Crippen molar-refractivity contribution >= 4 is 28.4 Å². The van der Waals surface area contributed by atoms with Crippen molar-refractivity contribution in [1.82, 2.24) is 10.3 Å². The number of H-pyrrole nitrogens is 1. The fourth-order valence-corrected chi connectivity index (χ4v) is 4.98. The maximum absolute atomic E-state index is 13.5. The van der Waals surface area contributed by atoms with Crippen molar-refractivity contribution in [3.63, 3.8) is 0 Å². The average Bonchev–Trinajstić information content (AvgIpc) is 3.04. The highest BCUT2D eigenvalue weighted by Gasteiger charge is 2.38. The third-order valence-electron chi connectivity index (χ3n) is 6.37. The van der Waals surface area contributed by atoms with Gasteiger partial charge in [-0.15, -0.1) is 0 Å². The molecule has 2 saturated carbocycles. The van der Waals surface area contributed by atoms with Gasteiger partial charge in [0.25, 0.3) is 0 Å². The van der Waals surface area contributed by atoms with Crippen molar-refractivity contribution in [3.8, 4) is 0 Å². The number of nitrogens with one attached hydrogen (secondary N) is 3. The van der Waals surface area contributed by atoms with E-state index in [1.165, 1.54) is 44.7 Å². The number of rotatable bonds is 2. The molecular weight excluding hydrogens is 364 g/mol. The van der Waals surface area contributed by atoms with E-state index < -0.39 is 23.4 Å². The maximum Gasteiger partial charge on any atom is 0.313 e. The van der Waals surface area contributed by atoms with Crippen LogP contribution in [0.2, 0.25) is 0 Å². The molecule has 4 rings (SSSR count). The molecule has 5 nitrogen and oxygen atoms in total. The molecule has 1 heterocycles. The van der Waals surface area contributed by atoms with Crippen molar-refractivity contribution in [2.45, 2.75) is 63.8 Å². The number of fused-ring (bicyclic) bond motifs is 1. The van der Waals surface area contributed by atoms with Gasteiger partial charge in [-0.25, -0.2) is 8.78 Å². The van der Waals surface area contributed by atoms with E-state index in [9.17, 15) is 18.4 Å². The molecular formula is C21H25F2N3O2. The second kappa shape index (κ2) is 7.53. The van der Waals surface area contributed by atoms with Crippen LogP contribution in [0.15, 0.2) is 18.3 Å². The monoisotopic (exact) mass is 389 g/mol.